The van der Waals surface area contributed by atoms with Crippen LogP contribution in [0.4, 0.5) is 4.39 Å². The Labute approximate surface area is 185 Å². The van der Waals surface area contributed by atoms with Crippen molar-refractivity contribution in [1.29, 1.82) is 0 Å². The van der Waals surface area contributed by atoms with Gasteiger partial charge < -0.3 is 4.74 Å². The van der Waals surface area contributed by atoms with Gasteiger partial charge in [0.2, 0.25) is 10.0 Å². The van der Waals surface area contributed by atoms with Crippen molar-refractivity contribution < 1.29 is 22.3 Å². The van der Waals surface area contributed by atoms with Crippen LogP contribution in [0.5, 0.6) is 5.75 Å². The molecule has 31 heavy (non-hydrogen) atoms. The van der Waals surface area contributed by atoms with Crippen molar-refractivity contribution in [3.05, 3.63) is 59.9 Å². The van der Waals surface area contributed by atoms with Crippen LogP contribution in [0, 0.1) is 11.2 Å². The van der Waals surface area contributed by atoms with Crippen LogP contribution >= 0.6 is 0 Å². The quantitative estimate of drug-likeness (QED) is 0.560. The molecule has 0 spiro atoms. The van der Waals surface area contributed by atoms with Crippen molar-refractivity contribution in [3.8, 4) is 5.75 Å². The second-order valence-electron chi connectivity index (χ2n) is 7.85. The van der Waals surface area contributed by atoms with E-state index < -0.39 is 10.0 Å². The first-order valence-corrected chi connectivity index (χ1v) is 12.0. The number of ether oxygens (including phenoxy) is 1. The first kappa shape index (κ1) is 25.0. The zero-order chi connectivity index (χ0) is 23.1. The molecule has 5 nitrogen and oxygen atoms in total. The Kier molecular flexibility index (Phi) is 8.77. The van der Waals surface area contributed by atoms with Gasteiger partial charge in [-0.1, -0.05) is 26.7 Å². The van der Waals surface area contributed by atoms with Crippen molar-refractivity contribution in [2.75, 3.05) is 20.2 Å². The number of carbonyl (C=O) groups excluding carboxylic acids is 1. The van der Waals surface area contributed by atoms with E-state index in [1.165, 1.54) is 31.2 Å². The average molecular weight is 450 g/mol. The van der Waals surface area contributed by atoms with E-state index in [0.717, 1.165) is 25.7 Å². The zero-order valence-corrected chi connectivity index (χ0v) is 19.5. The third-order valence-electron chi connectivity index (χ3n) is 6.23. The molecule has 0 radical (unpaired) electrons. The molecule has 1 aliphatic heterocycles. The summed E-state index contributed by atoms with van der Waals surface area (Å²) in [7, 11) is -1.80. The maximum Gasteiger partial charge on any atom is 0.243 e. The van der Waals surface area contributed by atoms with Crippen LogP contribution in [0.3, 0.4) is 0 Å². The number of rotatable bonds is 6. The van der Waals surface area contributed by atoms with Gasteiger partial charge in [-0.25, -0.2) is 12.8 Å². The molecular formula is C24H32FNO4S. The van der Waals surface area contributed by atoms with Gasteiger partial charge in [0.05, 0.1) is 12.0 Å². The molecule has 7 heteroatoms. The molecule has 0 N–H and O–H groups in total. The summed E-state index contributed by atoms with van der Waals surface area (Å²) in [5, 5.41) is 0. The first-order chi connectivity index (χ1) is 14.7. The van der Waals surface area contributed by atoms with Crippen molar-refractivity contribution in [1.82, 2.24) is 4.31 Å². The van der Waals surface area contributed by atoms with Crippen molar-refractivity contribution >= 4 is 15.8 Å². The first-order valence-electron chi connectivity index (χ1n) is 10.6. The SMILES string of the molecule is CC(=O)c1ccc(F)cc1.CCC1(CC)CCN(S(=O)(=O)c2ccc(OC)cc2)CC1. The number of sulfonamides is 1. The second kappa shape index (κ2) is 10.9. The Balaban J connectivity index is 0.000000285. The number of methoxy groups -OCH3 is 1. The Morgan fingerprint density at radius 1 is 1.00 bits per heavy atom. The Morgan fingerprint density at radius 3 is 1.94 bits per heavy atom. The van der Waals surface area contributed by atoms with Crippen LogP contribution in [0.2, 0.25) is 0 Å². The highest BCUT2D eigenvalue weighted by atomic mass is 32.2. The summed E-state index contributed by atoms with van der Waals surface area (Å²) in [5.74, 6) is 0.313. The lowest BCUT2D eigenvalue weighted by Crippen LogP contribution is -2.42. The number of carbonyl (C=O) groups is 1. The summed E-state index contributed by atoms with van der Waals surface area (Å²) < 4.78 is 44.3. The molecule has 170 valence electrons. The van der Waals surface area contributed by atoms with Gasteiger partial charge in [0.1, 0.15) is 11.6 Å². The summed E-state index contributed by atoms with van der Waals surface area (Å²) in [4.78, 5) is 11.0. The number of ketones is 1. The molecule has 0 bridgehead atoms. The molecule has 2 aromatic rings. The van der Waals surface area contributed by atoms with E-state index in [0.29, 0.717) is 34.7 Å². The summed E-state index contributed by atoms with van der Waals surface area (Å²) in [6.07, 6.45) is 4.16. The maximum atomic E-state index is 12.7. The monoisotopic (exact) mass is 449 g/mol. The minimum Gasteiger partial charge on any atom is -0.497 e. The summed E-state index contributed by atoms with van der Waals surface area (Å²) in [6, 6.07) is 12.1. The van der Waals surface area contributed by atoms with E-state index >= 15 is 0 Å². The second-order valence-corrected chi connectivity index (χ2v) is 9.79. The molecule has 3 rings (SSSR count). The van der Waals surface area contributed by atoms with Gasteiger partial charge in [0.25, 0.3) is 0 Å². The fraction of sp³-hybridized carbons (Fsp3) is 0.458. The van der Waals surface area contributed by atoms with Gasteiger partial charge >= 0.3 is 0 Å². The van der Waals surface area contributed by atoms with Crippen LogP contribution in [0.1, 0.15) is 56.8 Å². The number of nitrogens with zero attached hydrogens (tertiary/aromatic N) is 1. The van der Waals surface area contributed by atoms with Gasteiger partial charge in [0, 0.05) is 18.7 Å². The highest BCUT2D eigenvalue weighted by Gasteiger charge is 2.36. The molecule has 0 saturated carbocycles. The molecule has 0 unspecified atom stereocenters. The van der Waals surface area contributed by atoms with Crippen LogP contribution in [0.25, 0.3) is 0 Å². The van der Waals surface area contributed by atoms with Gasteiger partial charge in [-0.3, -0.25) is 4.79 Å². The predicted molar refractivity (Wildman–Crippen MR) is 120 cm³/mol. The third kappa shape index (κ3) is 6.37. The topological polar surface area (TPSA) is 63.7 Å². The van der Waals surface area contributed by atoms with Gasteiger partial charge in [-0.15, -0.1) is 0 Å². The lowest BCUT2D eigenvalue weighted by atomic mass is 9.75. The van der Waals surface area contributed by atoms with Gasteiger partial charge in [-0.2, -0.15) is 4.31 Å². The van der Waals surface area contributed by atoms with Crippen molar-refractivity contribution in [3.63, 3.8) is 0 Å². The molecular weight excluding hydrogens is 417 g/mol. The third-order valence-corrected chi connectivity index (χ3v) is 8.14. The summed E-state index contributed by atoms with van der Waals surface area (Å²) in [5.41, 5.74) is 0.868. The highest BCUT2D eigenvalue weighted by Crippen LogP contribution is 2.39. The summed E-state index contributed by atoms with van der Waals surface area (Å²) in [6.45, 7) is 7.10. The van der Waals surface area contributed by atoms with E-state index in [1.807, 2.05) is 0 Å². The van der Waals surface area contributed by atoms with Crippen LogP contribution < -0.4 is 4.74 Å². The van der Waals surface area contributed by atoms with Crippen LogP contribution in [-0.4, -0.2) is 38.7 Å². The Morgan fingerprint density at radius 2 is 1.52 bits per heavy atom. The molecule has 0 amide bonds. The minimum atomic E-state index is -3.38. The largest absolute Gasteiger partial charge is 0.497 e. The fourth-order valence-electron chi connectivity index (χ4n) is 3.74. The predicted octanol–water partition coefficient (Wildman–Crippen LogP) is 5.31. The van der Waals surface area contributed by atoms with Crippen LogP contribution in [0.15, 0.2) is 53.4 Å². The molecule has 2 aromatic carbocycles. The lowest BCUT2D eigenvalue weighted by molar-refractivity contribution is 0.101. The smallest absolute Gasteiger partial charge is 0.243 e. The number of hydrogen-bond acceptors (Lipinski definition) is 4. The number of piperidine rings is 1. The van der Waals surface area contributed by atoms with Crippen molar-refractivity contribution in [2.24, 2.45) is 5.41 Å². The van der Waals surface area contributed by atoms with E-state index in [1.54, 1.807) is 35.7 Å². The fourth-order valence-corrected chi connectivity index (χ4v) is 5.18. The van der Waals surface area contributed by atoms with E-state index in [4.69, 9.17) is 4.74 Å². The Hall–Kier alpha value is -2.25. The van der Waals surface area contributed by atoms with E-state index in [9.17, 15) is 17.6 Å². The number of Topliss-reactive ketones (excluding diaryl/α,β-unsaturated/α-hetero) is 1. The molecule has 0 atom stereocenters. The molecule has 1 saturated heterocycles. The van der Waals surface area contributed by atoms with Gasteiger partial charge in [-0.05, 0) is 73.7 Å². The molecule has 0 aromatic heterocycles. The molecule has 0 aliphatic carbocycles. The van der Waals surface area contributed by atoms with Gasteiger partial charge in [0.15, 0.2) is 5.78 Å². The molecule has 1 aliphatic rings. The van der Waals surface area contributed by atoms with E-state index in [2.05, 4.69) is 13.8 Å². The highest BCUT2D eigenvalue weighted by molar-refractivity contribution is 7.89. The number of hydrogen-bond donors (Lipinski definition) is 0. The summed E-state index contributed by atoms with van der Waals surface area (Å²) >= 11 is 0. The zero-order valence-electron chi connectivity index (χ0n) is 18.7. The molecule has 1 heterocycles. The van der Waals surface area contributed by atoms with Crippen molar-refractivity contribution in [2.45, 2.75) is 51.3 Å². The number of benzene rings is 2. The molecule has 1 fully saturated rings. The number of halogens is 1. The lowest BCUT2D eigenvalue weighted by Gasteiger charge is -2.40. The minimum absolute atomic E-state index is 0.0417. The normalized spacial score (nSPS) is 16.2. The maximum absolute atomic E-state index is 12.7. The standard InChI is InChI=1S/C16H25NO3S.C8H7FO/c1-4-16(5-2)10-12-17(13-11-16)21(18,19)15-8-6-14(20-3)7-9-15;1-6(10)7-2-4-8(9)5-3-7/h6-9H,4-5,10-13H2,1-3H3;2-5H,1H3. The van der Waals surface area contributed by atoms with Crippen LogP contribution in [-0.2, 0) is 10.0 Å². The average Bonchev–Trinajstić information content (AvgIpc) is 2.80. The Bertz CT molecular complexity index is 942. The van der Waals surface area contributed by atoms with E-state index in [-0.39, 0.29) is 11.6 Å².